The molecule has 0 spiro atoms. The molecule has 18 heavy (non-hydrogen) atoms. The average molecular weight is 255 g/mol. The summed E-state index contributed by atoms with van der Waals surface area (Å²) >= 11 is 0. The summed E-state index contributed by atoms with van der Waals surface area (Å²) in [5.41, 5.74) is 0. The molecule has 104 valence electrons. The van der Waals surface area contributed by atoms with Gasteiger partial charge in [0.15, 0.2) is 0 Å². The normalized spacial score (nSPS) is 33.6. The van der Waals surface area contributed by atoms with Crippen molar-refractivity contribution in [3.63, 3.8) is 0 Å². The summed E-state index contributed by atoms with van der Waals surface area (Å²) in [6.45, 7) is 6.24. The maximum atomic E-state index is 12.3. The molecule has 0 aromatic rings. The number of nitrogens with one attached hydrogen (secondary N) is 2. The van der Waals surface area contributed by atoms with Gasteiger partial charge in [0.25, 0.3) is 0 Å². The van der Waals surface area contributed by atoms with Crippen molar-refractivity contribution in [1.29, 1.82) is 0 Å². The van der Waals surface area contributed by atoms with E-state index in [4.69, 9.17) is 4.74 Å². The second kappa shape index (κ2) is 6.50. The van der Waals surface area contributed by atoms with Gasteiger partial charge in [-0.3, -0.25) is 4.79 Å². The minimum atomic E-state index is -0.0304. The van der Waals surface area contributed by atoms with E-state index in [2.05, 4.69) is 29.5 Å². The fourth-order valence-corrected chi connectivity index (χ4v) is 2.87. The molecule has 5 heteroatoms. The van der Waals surface area contributed by atoms with Gasteiger partial charge in [0, 0.05) is 18.6 Å². The lowest BCUT2D eigenvalue weighted by Crippen LogP contribution is -2.51. The van der Waals surface area contributed by atoms with Crippen molar-refractivity contribution in [2.24, 2.45) is 5.92 Å². The van der Waals surface area contributed by atoms with Gasteiger partial charge in [0.05, 0.1) is 19.1 Å². The summed E-state index contributed by atoms with van der Waals surface area (Å²) in [4.78, 5) is 14.5. The van der Waals surface area contributed by atoms with Crippen LogP contribution in [0.5, 0.6) is 0 Å². The van der Waals surface area contributed by atoms with Crippen LogP contribution in [-0.2, 0) is 9.53 Å². The number of piperidine rings is 1. The van der Waals surface area contributed by atoms with Crippen LogP contribution in [0, 0.1) is 5.92 Å². The van der Waals surface area contributed by atoms with Gasteiger partial charge in [0.1, 0.15) is 0 Å². The second-order valence-electron chi connectivity index (χ2n) is 5.42. The highest BCUT2D eigenvalue weighted by atomic mass is 16.5. The Morgan fingerprint density at radius 3 is 3.00 bits per heavy atom. The highest BCUT2D eigenvalue weighted by Gasteiger charge is 2.34. The minimum absolute atomic E-state index is 0.0304. The Kier molecular flexibility index (Phi) is 4.97. The molecule has 0 aromatic heterocycles. The SMILES string of the molecule is CCNC1COCC1C(=O)NC1CCCN(C)C1. The summed E-state index contributed by atoms with van der Waals surface area (Å²) in [7, 11) is 2.11. The molecule has 3 unspecified atom stereocenters. The van der Waals surface area contributed by atoms with Crippen LogP contribution in [0.3, 0.4) is 0 Å². The van der Waals surface area contributed by atoms with E-state index in [-0.39, 0.29) is 17.9 Å². The van der Waals surface area contributed by atoms with Crippen molar-refractivity contribution in [1.82, 2.24) is 15.5 Å². The van der Waals surface area contributed by atoms with Gasteiger partial charge in [-0.1, -0.05) is 6.92 Å². The zero-order chi connectivity index (χ0) is 13.0. The van der Waals surface area contributed by atoms with Crippen molar-refractivity contribution < 1.29 is 9.53 Å². The van der Waals surface area contributed by atoms with E-state index < -0.39 is 0 Å². The molecular formula is C13H25N3O2. The van der Waals surface area contributed by atoms with Crippen LogP contribution in [0.25, 0.3) is 0 Å². The zero-order valence-electron chi connectivity index (χ0n) is 11.4. The van der Waals surface area contributed by atoms with Gasteiger partial charge >= 0.3 is 0 Å². The molecule has 2 aliphatic rings. The Morgan fingerprint density at radius 1 is 1.44 bits per heavy atom. The van der Waals surface area contributed by atoms with Gasteiger partial charge in [-0.15, -0.1) is 0 Å². The summed E-state index contributed by atoms with van der Waals surface area (Å²) in [5, 5.41) is 6.50. The molecule has 2 rings (SSSR count). The highest BCUT2D eigenvalue weighted by Crippen LogP contribution is 2.15. The van der Waals surface area contributed by atoms with Crippen LogP contribution in [0.1, 0.15) is 19.8 Å². The first kappa shape index (κ1) is 13.8. The Morgan fingerprint density at radius 2 is 2.28 bits per heavy atom. The molecule has 0 radical (unpaired) electrons. The van der Waals surface area contributed by atoms with E-state index in [9.17, 15) is 4.79 Å². The maximum Gasteiger partial charge on any atom is 0.227 e. The van der Waals surface area contributed by atoms with Gasteiger partial charge in [-0.25, -0.2) is 0 Å². The third-order valence-corrected chi connectivity index (χ3v) is 3.85. The first-order chi connectivity index (χ1) is 8.70. The van der Waals surface area contributed by atoms with Crippen molar-refractivity contribution in [3.8, 4) is 0 Å². The molecule has 2 N–H and O–H groups in total. The molecule has 0 aromatic carbocycles. The van der Waals surface area contributed by atoms with Crippen LogP contribution in [0.2, 0.25) is 0 Å². The van der Waals surface area contributed by atoms with Crippen LogP contribution in [-0.4, -0.2) is 62.8 Å². The number of amides is 1. The minimum Gasteiger partial charge on any atom is -0.379 e. The second-order valence-corrected chi connectivity index (χ2v) is 5.42. The number of hydrogen-bond acceptors (Lipinski definition) is 4. The van der Waals surface area contributed by atoms with Gasteiger partial charge in [-0.2, -0.15) is 0 Å². The fourth-order valence-electron chi connectivity index (χ4n) is 2.87. The largest absolute Gasteiger partial charge is 0.379 e. The molecule has 1 amide bonds. The molecule has 3 atom stereocenters. The number of likely N-dealkylation sites (tertiary alicyclic amines) is 1. The van der Waals surface area contributed by atoms with Gasteiger partial charge < -0.3 is 20.3 Å². The number of carbonyl (C=O) groups is 1. The Labute approximate surface area is 109 Å². The van der Waals surface area contributed by atoms with E-state index in [0.29, 0.717) is 19.3 Å². The molecule has 2 saturated heterocycles. The third kappa shape index (κ3) is 3.43. The van der Waals surface area contributed by atoms with E-state index in [1.807, 2.05) is 0 Å². The monoisotopic (exact) mass is 255 g/mol. The van der Waals surface area contributed by atoms with Crippen molar-refractivity contribution in [3.05, 3.63) is 0 Å². The number of likely N-dealkylation sites (N-methyl/N-ethyl adjacent to an activating group) is 2. The number of hydrogen-bond donors (Lipinski definition) is 2. The molecule has 2 fully saturated rings. The fraction of sp³-hybridized carbons (Fsp3) is 0.923. The standard InChI is InChI=1S/C13H25N3O2/c1-3-14-12-9-18-8-11(12)13(17)15-10-5-4-6-16(2)7-10/h10-12,14H,3-9H2,1-2H3,(H,15,17). The molecule has 2 aliphatic heterocycles. The van der Waals surface area contributed by atoms with E-state index >= 15 is 0 Å². The lowest BCUT2D eigenvalue weighted by Gasteiger charge is -2.31. The van der Waals surface area contributed by atoms with E-state index in [1.165, 1.54) is 6.42 Å². The number of ether oxygens (including phenoxy) is 1. The first-order valence-corrected chi connectivity index (χ1v) is 7.00. The van der Waals surface area contributed by atoms with E-state index in [1.54, 1.807) is 0 Å². The quantitative estimate of drug-likeness (QED) is 0.732. The maximum absolute atomic E-state index is 12.3. The van der Waals surface area contributed by atoms with Gasteiger partial charge in [0.2, 0.25) is 5.91 Å². The molecule has 0 aliphatic carbocycles. The molecule has 0 saturated carbocycles. The summed E-state index contributed by atoms with van der Waals surface area (Å²) in [6, 6.07) is 0.482. The summed E-state index contributed by atoms with van der Waals surface area (Å²) in [6.07, 6.45) is 2.26. The van der Waals surface area contributed by atoms with Crippen LogP contribution < -0.4 is 10.6 Å². The van der Waals surface area contributed by atoms with Crippen LogP contribution in [0.4, 0.5) is 0 Å². The Bertz CT molecular complexity index is 285. The predicted octanol–water partition coefficient (Wildman–Crippen LogP) is -0.179. The predicted molar refractivity (Wildman–Crippen MR) is 70.4 cm³/mol. The highest BCUT2D eigenvalue weighted by molar-refractivity contribution is 5.80. The van der Waals surface area contributed by atoms with Crippen LogP contribution in [0.15, 0.2) is 0 Å². The molecule has 5 nitrogen and oxygen atoms in total. The van der Waals surface area contributed by atoms with Crippen molar-refractivity contribution >= 4 is 5.91 Å². The third-order valence-electron chi connectivity index (χ3n) is 3.85. The molecular weight excluding hydrogens is 230 g/mol. The summed E-state index contributed by atoms with van der Waals surface area (Å²) < 4.78 is 5.42. The Balaban J connectivity index is 1.83. The first-order valence-electron chi connectivity index (χ1n) is 7.00. The summed E-state index contributed by atoms with van der Waals surface area (Å²) in [5.74, 6) is 0.121. The average Bonchev–Trinajstić information content (AvgIpc) is 2.78. The Hall–Kier alpha value is -0.650. The van der Waals surface area contributed by atoms with Crippen molar-refractivity contribution in [2.75, 3.05) is 39.9 Å². The number of rotatable bonds is 4. The molecule has 2 heterocycles. The van der Waals surface area contributed by atoms with E-state index in [0.717, 1.165) is 26.1 Å². The lowest BCUT2D eigenvalue weighted by molar-refractivity contribution is -0.126. The van der Waals surface area contributed by atoms with Crippen LogP contribution >= 0.6 is 0 Å². The topological polar surface area (TPSA) is 53.6 Å². The zero-order valence-corrected chi connectivity index (χ0v) is 11.4. The lowest BCUT2D eigenvalue weighted by atomic mass is 10.0. The smallest absolute Gasteiger partial charge is 0.227 e. The van der Waals surface area contributed by atoms with Gasteiger partial charge in [-0.05, 0) is 33.0 Å². The number of carbonyl (C=O) groups excluding carboxylic acids is 1. The molecule has 0 bridgehead atoms. The van der Waals surface area contributed by atoms with Crippen molar-refractivity contribution in [2.45, 2.75) is 31.8 Å². The number of nitrogens with zero attached hydrogens (tertiary/aromatic N) is 1.